The third-order valence-corrected chi connectivity index (χ3v) is 2.36. The fourth-order valence-electron chi connectivity index (χ4n) is 1.54. The number of nitrogens with one attached hydrogen (secondary N) is 1. The molecule has 0 unspecified atom stereocenters. The fraction of sp³-hybridized carbons (Fsp3) is 0.231. The van der Waals surface area contributed by atoms with Gasteiger partial charge >= 0.3 is 0 Å². The lowest BCUT2D eigenvalue weighted by atomic mass is 10.3. The van der Waals surface area contributed by atoms with E-state index in [1.54, 1.807) is 24.3 Å². The predicted octanol–water partition coefficient (Wildman–Crippen LogP) is 2.48. The number of nitrogen functional groups attached to an aromatic ring is 1. The van der Waals surface area contributed by atoms with Crippen LogP contribution in [0.4, 0.5) is 21.7 Å². The molecule has 2 rings (SSSR count). The summed E-state index contributed by atoms with van der Waals surface area (Å²) in [7, 11) is 0. The van der Waals surface area contributed by atoms with Gasteiger partial charge in [0.15, 0.2) is 5.82 Å². The third-order valence-electron chi connectivity index (χ3n) is 2.36. The molecule has 0 bridgehead atoms. The molecule has 0 amide bonds. The molecule has 1 aromatic heterocycles. The first kappa shape index (κ1) is 13.2. The van der Waals surface area contributed by atoms with Crippen molar-refractivity contribution >= 4 is 17.3 Å². The van der Waals surface area contributed by atoms with Crippen LogP contribution in [0.25, 0.3) is 0 Å². The van der Waals surface area contributed by atoms with Gasteiger partial charge in [0, 0.05) is 12.7 Å². The highest BCUT2D eigenvalue weighted by Gasteiger charge is 2.05. The normalized spacial score (nSPS) is 10.4. The second kappa shape index (κ2) is 6.10. The second-order valence-corrected chi connectivity index (χ2v) is 3.84. The maximum absolute atomic E-state index is 13.5. The molecule has 0 aliphatic carbocycles. The zero-order valence-corrected chi connectivity index (χ0v) is 10.6. The molecule has 2 aromatic rings. The maximum atomic E-state index is 13.5. The Labute approximate surface area is 110 Å². The summed E-state index contributed by atoms with van der Waals surface area (Å²) in [6, 6.07) is 7.89. The lowest BCUT2D eigenvalue weighted by Crippen LogP contribution is -2.05. The highest BCUT2D eigenvalue weighted by molar-refractivity contribution is 5.58. The van der Waals surface area contributed by atoms with E-state index < -0.39 is 0 Å². The van der Waals surface area contributed by atoms with Gasteiger partial charge in [0.25, 0.3) is 0 Å². The molecule has 0 fully saturated rings. The van der Waals surface area contributed by atoms with Crippen LogP contribution in [0, 0.1) is 5.82 Å². The van der Waals surface area contributed by atoms with Crippen LogP contribution in [0.3, 0.4) is 0 Å². The molecular weight excluding hydrogens is 247 g/mol. The van der Waals surface area contributed by atoms with Gasteiger partial charge in [-0.05, 0) is 19.1 Å². The van der Waals surface area contributed by atoms with Crippen LogP contribution in [-0.4, -0.2) is 16.6 Å². The molecule has 6 heteroatoms. The first-order valence-corrected chi connectivity index (χ1v) is 5.91. The summed E-state index contributed by atoms with van der Waals surface area (Å²) in [5, 5.41) is 2.87. The van der Waals surface area contributed by atoms with Crippen molar-refractivity contribution in [2.24, 2.45) is 0 Å². The summed E-state index contributed by atoms with van der Waals surface area (Å²) in [5.41, 5.74) is 6.02. The van der Waals surface area contributed by atoms with Crippen molar-refractivity contribution in [2.45, 2.75) is 13.5 Å². The molecule has 0 aliphatic rings. The van der Waals surface area contributed by atoms with Crippen LogP contribution in [0.1, 0.15) is 12.7 Å². The number of ether oxygens (including phenoxy) is 1. The molecule has 3 N–H and O–H groups in total. The first-order chi connectivity index (χ1) is 9.19. The van der Waals surface area contributed by atoms with Crippen LogP contribution in [0.5, 0.6) is 0 Å². The van der Waals surface area contributed by atoms with Crippen molar-refractivity contribution in [3.8, 4) is 0 Å². The number of para-hydroxylation sites is 1. The van der Waals surface area contributed by atoms with E-state index in [9.17, 15) is 4.39 Å². The Morgan fingerprint density at radius 3 is 2.84 bits per heavy atom. The number of hydrogen-bond donors (Lipinski definition) is 2. The number of anilines is 3. The molecule has 1 aromatic carbocycles. The minimum absolute atomic E-state index is 0.271. The summed E-state index contributed by atoms with van der Waals surface area (Å²) in [5.74, 6) is 0.850. The van der Waals surface area contributed by atoms with Crippen LogP contribution >= 0.6 is 0 Å². The van der Waals surface area contributed by atoms with E-state index in [1.807, 2.05) is 6.92 Å². The average molecular weight is 262 g/mol. The van der Waals surface area contributed by atoms with Gasteiger partial charge in [0.05, 0.1) is 5.69 Å². The number of halogens is 1. The second-order valence-electron chi connectivity index (χ2n) is 3.84. The molecule has 5 nitrogen and oxygen atoms in total. The molecule has 19 heavy (non-hydrogen) atoms. The van der Waals surface area contributed by atoms with Gasteiger partial charge in [0.2, 0.25) is 0 Å². The van der Waals surface area contributed by atoms with Gasteiger partial charge in [-0.3, -0.25) is 0 Å². The zero-order chi connectivity index (χ0) is 13.7. The monoisotopic (exact) mass is 262 g/mol. The summed E-state index contributed by atoms with van der Waals surface area (Å²) in [6.07, 6.45) is 0. The maximum Gasteiger partial charge on any atom is 0.158 e. The van der Waals surface area contributed by atoms with Gasteiger partial charge in [0.1, 0.15) is 24.1 Å². The smallest absolute Gasteiger partial charge is 0.158 e. The highest BCUT2D eigenvalue weighted by atomic mass is 19.1. The van der Waals surface area contributed by atoms with Gasteiger partial charge < -0.3 is 15.8 Å². The van der Waals surface area contributed by atoms with Crippen LogP contribution in [0.15, 0.2) is 30.3 Å². The molecule has 0 saturated carbocycles. The molecular formula is C13H15FN4O. The Balaban J connectivity index is 2.20. The van der Waals surface area contributed by atoms with Crippen LogP contribution < -0.4 is 11.1 Å². The van der Waals surface area contributed by atoms with E-state index in [0.29, 0.717) is 29.8 Å². The molecule has 100 valence electrons. The van der Waals surface area contributed by atoms with E-state index in [1.165, 1.54) is 6.07 Å². The van der Waals surface area contributed by atoms with Gasteiger partial charge in [-0.2, -0.15) is 0 Å². The average Bonchev–Trinajstić information content (AvgIpc) is 2.38. The molecule has 0 saturated heterocycles. The van der Waals surface area contributed by atoms with Crippen molar-refractivity contribution in [1.29, 1.82) is 0 Å². The number of aromatic nitrogens is 2. The standard InChI is InChI=1S/C13H15FN4O/c1-2-19-8-13-17-11(15)7-12(18-13)16-10-6-4-3-5-9(10)14/h3-7H,2,8H2,1H3,(H3,15,16,17,18). The van der Waals surface area contributed by atoms with Crippen molar-refractivity contribution < 1.29 is 9.13 Å². The van der Waals surface area contributed by atoms with Gasteiger partial charge in [-0.1, -0.05) is 12.1 Å². The Bertz CT molecular complexity index is 562. The molecule has 0 radical (unpaired) electrons. The third kappa shape index (κ3) is 3.62. The number of rotatable bonds is 5. The van der Waals surface area contributed by atoms with Crippen molar-refractivity contribution in [1.82, 2.24) is 9.97 Å². The van der Waals surface area contributed by atoms with Gasteiger partial charge in [-0.25, -0.2) is 14.4 Å². The molecule has 1 heterocycles. The van der Waals surface area contributed by atoms with Crippen molar-refractivity contribution in [2.75, 3.05) is 17.7 Å². The van der Waals surface area contributed by atoms with Crippen LogP contribution in [-0.2, 0) is 11.3 Å². The lowest BCUT2D eigenvalue weighted by Gasteiger charge is -2.09. The molecule has 0 aliphatic heterocycles. The SMILES string of the molecule is CCOCc1nc(N)cc(Nc2ccccc2F)n1. The van der Waals surface area contributed by atoms with Crippen molar-refractivity contribution in [3.63, 3.8) is 0 Å². The van der Waals surface area contributed by atoms with E-state index >= 15 is 0 Å². The quantitative estimate of drug-likeness (QED) is 0.866. The Hall–Kier alpha value is -2.21. The molecule has 0 spiro atoms. The first-order valence-electron chi connectivity index (χ1n) is 5.91. The van der Waals surface area contributed by atoms with E-state index in [0.717, 1.165) is 0 Å². The van der Waals surface area contributed by atoms with E-state index in [4.69, 9.17) is 10.5 Å². The Morgan fingerprint density at radius 2 is 2.11 bits per heavy atom. The Kier molecular flexibility index (Phi) is 4.25. The predicted molar refractivity (Wildman–Crippen MR) is 71.5 cm³/mol. The number of nitrogens with two attached hydrogens (primary N) is 1. The minimum Gasteiger partial charge on any atom is -0.384 e. The lowest BCUT2D eigenvalue weighted by molar-refractivity contribution is 0.128. The Morgan fingerprint density at radius 1 is 1.32 bits per heavy atom. The number of hydrogen-bond acceptors (Lipinski definition) is 5. The topological polar surface area (TPSA) is 73.1 Å². The summed E-state index contributed by atoms with van der Waals surface area (Å²) >= 11 is 0. The highest BCUT2D eigenvalue weighted by Crippen LogP contribution is 2.19. The zero-order valence-electron chi connectivity index (χ0n) is 10.6. The fourth-order valence-corrected chi connectivity index (χ4v) is 1.54. The summed E-state index contributed by atoms with van der Waals surface area (Å²) in [6.45, 7) is 2.71. The van der Waals surface area contributed by atoms with E-state index in [2.05, 4.69) is 15.3 Å². The number of benzene rings is 1. The number of nitrogens with zero attached hydrogens (tertiary/aromatic N) is 2. The molecule has 0 atom stereocenters. The van der Waals surface area contributed by atoms with E-state index in [-0.39, 0.29) is 12.4 Å². The summed E-state index contributed by atoms with van der Waals surface area (Å²) < 4.78 is 18.7. The minimum atomic E-state index is -0.356. The van der Waals surface area contributed by atoms with Crippen LogP contribution in [0.2, 0.25) is 0 Å². The summed E-state index contributed by atoms with van der Waals surface area (Å²) in [4.78, 5) is 8.26. The van der Waals surface area contributed by atoms with Crippen molar-refractivity contribution in [3.05, 3.63) is 42.0 Å². The van der Waals surface area contributed by atoms with Gasteiger partial charge in [-0.15, -0.1) is 0 Å². The largest absolute Gasteiger partial charge is 0.384 e.